The molecule has 0 spiro atoms. The van der Waals surface area contributed by atoms with Gasteiger partial charge < -0.3 is 0 Å². The molecule has 0 unspecified atom stereocenters. The third-order valence-corrected chi connectivity index (χ3v) is 16.5. The molecule has 0 N–H and O–H groups in total. The molecule has 0 bridgehead atoms. The normalized spacial score (nSPS) is 12.6. The van der Waals surface area contributed by atoms with E-state index in [4.69, 9.17) is 17.5 Å². The zero-order valence-corrected chi connectivity index (χ0v) is 36.3. The first-order valence-corrected chi connectivity index (χ1v) is 23.2. The summed E-state index contributed by atoms with van der Waals surface area (Å²) in [6, 6.07) is 19.1. The van der Waals surface area contributed by atoms with Gasteiger partial charge in [0.15, 0.2) is 0 Å². The summed E-state index contributed by atoms with van der Waals surface area (Å²) in [5.41, 5.74) is 11.7. The van der Waals surface area contributed by atoms with Gasteiger partial charge in [0, 0.05) is 71.3 Å². The first kappa shape index (κ1) is 34.8. The van der Waals surface area contributed by atoms with Gasteiger partial charge in [-0.1, -0.05) is 27.7 Å². The first-order valence-electron chi connectivity index (χ1n) is 18.5. The summed E-state index contributed by atoms with van der Waals surface area (Å²) >= 11 is 10.2. The van der Waals surface area contributed by atoms with Gasteiger partial charge in [0.2, 0.25) is 0 Å². The summed E-state index contributed by atoms with van der Waals surface area (Å²) in [6.45, 7) is 18.2. The van der Waals surface area contributed by atoms with Crippen LogP contribution >= 0.6 is 68.8 Å². The highest BCUT2D eigenvalue weighted by Crippen LogP contribution is 2.50. The number of rotatable bonds is 7. The summed E-state index contributed by atoms with van der Waals surface area (Å²) in [7, 11) is 0. The monoisotopic (exact) mass is 814 g/mol. The summed E-state index contributed by atoms with van der Waals surface area (Å²) < 4.78 is 22.5. The first-order chi connectivity index (χ1) is 26.0. The van der Waals surface area contributed by atoms with Crippen LogP contribution < -0.4 is 0 Å². The number of benzene rings is 4. The lowest BCUT2D eigenvalue weighted by molar-refractivity contribution is 0.647. The van der Waals surface area contributed by atoms with Gasteiger partial charge in [0.25, 0.3) is 0 Å². The van der Waals surface area contributed by atoms with Crippen LogP contribution in [0.1, 0.15) is 59.7 Å². The molecule has 270 valence electrons. The van der Waals surface area contributed by atoms with E-state index >= 15 is 0 Å². The van der Waals surface area contributed by atoms with Crippen molar-refractivity contribution in [2.75, 3.05) is 0 Å². The molecule has 0 aliphatic heterocycles. The predicted molar refractivity (Wildman–Crippen MR) is 242 cm³/mol. The highest BCUT2D eigenvalue weighted by Gasteiger charge is 2.24. The maximum absolute atomic E-state index is 4.96. The van der Waals surface area contributed by atoms with E-state index in [1.54, 1.807) is 0 Å². The van der Waals surface area contributed by atoms with Crippen LogP contribution in [0.5, 0.6) is 0 Å². The lowest BCUT2D eigenvalue weighted by Crippen LogP contribution is -1.93. The zero-order valence-electron chi connectivity index (χ0n) is 31.4. The van der Waals surface area contributed by atoms with Gasteiger partial charge in [-0.3, -0.25) is 0 Å². The van der Waals surface area contributed by atoms with E-state index in [0.29, 0.717) is 11.8 Å². The van der Waals surface area contributed by atoms with Crippen LogP contribution in [0.4, 0.5) is 0 Å². The van der Waals surface area contributed by atoms with Gasteiger partial charge in [-0.15, -0.1) is 45.3 Å². The van der Waals surface area contributed by atoms with Crippen molar-refractivity contribution >= 4 is 133 Å². The minimum Gasteiger partial charge on any atom is -0.172 e. The minimum absolute atomic E-state index is 0.528. The van der Waals surface area contributed by atoms with Gasteiger partial charge in [0.1, 0.15) is 22.1 Å². The second kappa shape index (κ2) is 13.0. The molecular weight excluding hydrogens is 777 g/mol. The number of aryl methyl sites for hydroxylation is 4. The van der Waals surface area contributed by atoms with E-state index < -0.39 is 0 Å². The molecule has 0 saturated carbocycles. The lowest BCUT2D eigenvalue weighted by Gasteiger charge is -2.08. The molecule has 0 radical (unpaired) electrons. The van der Waals surface area contributed by atoms with Gasteiger partial charge in [-0.2, -0.15) is 17.5 Å². The van der Waals surface area contributed by atoms with E-state index in [0.717, 1.165) is 56.8 Å². The minimum atomic E-state index is 0.528. The molecule has 10 rings (SSSR count). The maximum atomic E-state index is 4.96. The van der Waals surface area contributed by atoms with Crippen LogP contribution in [0, 0.1) is 39.5 Å². The van der Waals surface area contributed by atoms with Crippen LogP contribution in [-0.2, 0) is 12.8 Å². The number of hydrogen-bond acceptors (Lipinski definition) is 10. The second-order valence-electron chi connectivity index (χ2n) is 15.7. The second-order valence-corrected chi connectivity index (χ2v) is 21.3. The molecule has 6 heterocycles. The van der Waals surface area contributed by atoms with Gasteiger partial charge in [-0.25, -0.2) is 0 Å². The molecule has 0 aliphatic carbocycles. The van der Waals surface area contributed by atoms with Gasteiger partial charge in [-0.05, 0) is 134 Å². The average molecular weight is 815 g/mol. The lowest BCUT2D eigenvalue weighted by atomic mass is 9.97. The van der Waals surface area contributed by atoms with E-state index in [2.05, 4.69) is 104 Å². The number of thiophene rings is 4. The Bertz CT molecular complexity index is 3120. The third kappa shape index (κ3) is 5.51. The van der Waals surface area contributed by atoms with Gasteiger partial charge in [0.05, 0.1) is 23.5 Å². The average Bonchev–Trinajstić information content (AvgIpc) is 3.97. The van der Waals surface area contributed by atoms with Crippen molar-refractivity contribution in [3.05, 3.63) is 80.5 Å². The fourth-order valence-corrected chi connectivity index (χ4v) is 14.1. The van der Waals surface area contributed by atoms with Crippen molar-refractivity contribution in [3.63, 3.8) is 0 Å². The molecule has 10 aromatic rings. The molecule has 6 aromatic heterocycles. The topological polar surface area (TPSA) is 51.6 Å². The molecule has 0 saturated heterocycles. The Morgan fingerprint density at radius 1 is 0.463 bits per heavy atom. The predicted octanol–water partition coefficient (Wildman–Crippen LogP) is 15.2. The molecular formula is C44H38N4S6. The van der Waals surface area contributed by atoms with Crippen LogP contribution in [-0.4, -0.2) is 17.5 Å². The van der Waals surface area contributed by atoms with E-state index in [9.17, 15) is 0 Å². The molecule has 0 fully saturated rings. The maximum Gasteiger partial charge on any atom is 0.114 e. The number of hydrogen-bond donors (Lipinski definition) is 0. The highest BCUT2D eigenvalue weighted by atomic mass is 32.1. The Morgan fingerprint density at radius 2 is 0.981 bits per heavy atom. The molecule has 0 amide bonds. The number of nitrogens with zero attached hydrogens (tertiary/aromatic N) is 4. The van der Waals surface area contributed by atoms with Crippen molar-refractivity contribution in [1.82, 2.24) is 17.5 Å². The van der Waals surface area contributed by atoms with Gasteiger partial charge >= 0.3 is 0 Å². The Labute approximate surface area is 338 Å². The van der Waals surface area contributed by atoms with Crippen molar-refractivity contribution in [1.29, 1.82) is 0 Å². The standard InChI is InChI=1S/C44H38N4S6/c1-19(2)9-25-14-35(50-24(25)8)33-16-29-30(38-40(33)47-53-45-38)17-34(41-39(29)46-54-48-41)36-15-26(10-20(3)4)42(51-36)37-18-28-22(6)12-31-32(44(28)52-37)11-21(5)27-13-23(7)49-43(27)31/h11-20H,9-10H2,1-8H3. The summed E-state index contributed by atoms with van der Waals surface area (Å²) in [4.78, 5) is 7.95. The molecule has 4 nitrogen and oxygen atoms in total. The highest BCUT2D eigenvalue weighted by molar-refractivity contribution is 7.28. The SMILES string of the molecule is Cc1cc2c(C)cc3c(cc(C)c4cc(-c5sc(-c6cc7c(cc(-c8cc(CC(C)C)c(C)s8)c8nsnc87)c7nsnc67)cc5CC(C)C)sc43)c2s1. The van der Waals surface area contributed by atoms with Crippen molar-refractivity contribution in [2.24, 2.45) is 11.8 Å². The largest absolute Gasteiger partial charge is 0.172 e. The Balaban J connectivity index is 1.16. The van der Waals surface area contributed by atoms with Crippen molar-refractivity contribution < 1.29 is 0 Å². The van der Waals surface area contributed by atoms with Crippen LogP contribution in [0.25, 0.3) is 94.4 Å². The molecule has 10 heteroatoms. The zero-order chi connectivity index (χ0) is 37.2. The number of fused-ring (bicyclic) bond motifs is 10. The molecule has 0 atom stereocenters. The molecule has 4 aromatic carbocycles. The summed E-state index contributed by atoms with van der Waals surface area (Å²) in [5, 5.41) is 7.71. The van der Waals surface area contributed by atoms with Crippen LogP contribution in [0.15, 0.2) is 48.5 Å². The fraction of sp³-hybridized carbons (Fsp3) is 0.273. The smallest absolute Gasteiger partial charge is 0.114 e. The van der Waals surface area contributed by atoms with E-state index in [-0.39, 0.29) is 0 Å². The van der Waals surface area contributed by atoms with Crippen molar-refractivity contribution in [2.45, 2.75) is 68.2 Å². The quantitative estimate of drug-likeness (QED) is 0.161. The Morgan fingerprint density at radius 3 is 1.59 bits per heavy atom. The third-order valence-electron chi connectivity index (χ3n) is 10.6. The Hall–Kier alpha value is -3.64. The molecule has 0 aliphatic rings. The summed E-state index contributed by atoms with van der Waals surface area (Å²) in [5.74, 6) is 1.13. The van der Waals surface area contributed by atoms with Crippen LogP contribution in [0.3, 0.4) is 0 Å². The number of aromatic nitrogens is 4. The van der Waals surface area contributed by atoms with E-state index in [1.165, 1.54) is 106 Å². The Kier molecular flexibility index (Phi) is 8.36. The van der Waals surface area contributed by atoms with Crippen molar-refractivity contribution in [3.8, 4) is 30.6 Å². The van der Waals surface area contributed by atoms with E-state index in [1.807, 2.05) is 45.3 Å². The fourth-order valence-electron chi connectivity index (χ4n) is 8.21. The summed E-state index contributed by atoms with van der Waals surface area (Å²) in [6.07, 6.45) is 2.10. The molecule has 54 heavy (non-hydrogen) atoms. The van der Waals surface area contributed by atoms with Crippen LogP contribution in [0.2, 0.25) is 0 Å².